The Bertz CT molecular complexity index is 1280. The highest BCUT2D eigenvalue weighted by Crippen LogP contribution is 2.44. The molecule has 1 aromatic heterocycles. The van der Waals surface area contributed by atoms with Crippen LogP contribution in [0, 0.1) is 0 Å². The van der Waals surface area contributed by atoms with Crippen LogP contribution in [0.4, 0.5) is 5.69 Å². The summed E-state index contributed by atoms with van der Waals surface area (Å²) in [6, 6.07) is 24.3. The summed E-state index contributed by atoms with van der Waals surface area (Å²) in [6.45, 7) is 1.40. The van der Waals surface area contributed by atoms with Crippen LogP contribution in [-0.2, 0) is 13.0 Å². The molecule has 1 N–H and O–H groups in total. The van der Waals surface area contributed by atoms with Gasteiger partial charge in [-0.3, -0.25) is 4.79 Å². The molecule has 0 bridgehead atoms. The lowest BCUT2D eigenvalue weighted by Gasteiger charge is -2.47. The van der Waals surface area contributed by atoms with Gasteiger partial charge in [0.05, 0.1) is 16.9 Å². The molecule has 0 aliphatic carbocycles. The van der Waals surface area contributed by atoms with Crippen molar-refractivity contribution in [3.05, 3.63) is 100 Å². The average Bonchev–Trinajstić information content (AvgIpc) is 3.16. The van der Waals surface area contributed by atoms with Gasteiger partial charge in [-0.25, -0.2) is 0 Å². The van der Waals surface area contributed by atoms with E-state index in [0.29, 0.717) is 13.1 Å². The Labute approximate surface area is 179 Å². The van der Waals surface area contributed by atoms with Crippen molar-refractivity contribution in [1.82, 2.24) is 9.88 Å². The number of H-pyrrole nitrogens is 1. The van der Waals surface area contributed by atoms with E-state index in [1.807, 2.05) is 35.2 Å². The predicted molar refractivity (Wildman–Crippen MR) is 120 cm³/mol. The van der Waals surface area contributed by atoms with Gasteiger partial charge < -0.3 is 14.8 Å². The summed E-state index contributed by atoms with van der Waals surface area (Å²) < 4.78 is 0. The first-order valence-corrected chi connectivity index (χ1v) is 10.6. The molecule has 148 valence electrons. The number of para-hydroxylation sites is 2. The first-order chi connectivity index (χ1) is 14.7. The van der Waals surface area contributed by atoms with Gasteiger partial charge in [-0.05, 0) is 47.9 Å². The monoisotopic (exact) mass is 413 g/mol. The fraction of sp³-hybridized carbons (Fsp3) is 0.160. The van der Waals surface area contributed by atoms with Crippen LogP contribution in [0.15, 0.2) is 72.8 Å². The third-order valence-electron chi connectivity index (χ3n) is 6.27. The Morgan fingerprint density at radius 1 is 0.967 bits per heavy atom. The molecule has 1 unspecified atom stereocenters. The fourth-order valence-corrected chi connectivity index (χ4v) is 5.03. The van der Waals surface area contributed by atoms with Gasteiger partial charge in [-0.1, -0.05) is 54.1 Å². The van der Waals surface area contributed by atoms with Crippen LogP contribution < -0.4 is 4.90 Å². The molecular formula is C25H20ClN3O. The second-order valence-corrected chi connectivity index (χ2v) is 8.39. The number of aromatic nitrogens is 1. The third kappa shape index (κ3) is 2.57. The highest BCUT2D eigenvalue weighted by atomic mass is 35.5. The van der Waals surface area contributed by atoms with Crippen LogP contribution in [0.3, 0.4) is 0 Å². The van der Waals surface area contributed by atoms with Crippen LogP contribution in [0.5, 0.6) is 0 Å². The lowest BCUT2D eigenvalue weighted by molar-refractivity contribution is 0.0625. The molecule has 1 atom stereocenters. The minimum absolute atomic E-state index is 0.104. The van der Waals surface area contributed by atoms with Crippen molar-refractivity contribution in [2.45, 2.75) is 19.1 Å². The minimum Gasteiger partial charge on any atom is -0.355 e. The molecule has 3 aromatic carbocycles. The summed E-state index contributed by atoms with van der Waals surface area (Å²) >= 11 is 6.11. The van der Waals surface area contributed by atoms with Gasteiger partial charge in [0.1, 0.15) is 6.17 Å². The molecular weight excluding hydrogens is 394 g/mol. The van der Waals surface area contributed by atoms with E-state index >= 15 is 0 Å². The summed E-state index contributed by atoms with van der Waals surface area (Å²) in [5, 5.41) is 1.98. The van der Waals surface area contributed by atoms with Gasteiger partial charge in [0, 0.05) is 29.0 Å². The van der Waals surface area contributed by atoms with Crippen molar-refractivity contribution in [2.75, 3.05) is 11.4 Å². The zero-order valence-corrected chi connectivity index (χ0v) is 17.1. The van der Waals surface area contributed by atoms with Crippen molar-refractivity contribution >= 4 is 34.1 Å². The number of hydrogen-bond acceptors (Lipinski definition) is 2. The largest absolute Gasteiger partial charge is 0.355 e. The number of anilines is 1. The van der Waals surface area contributed by atoms with E-state index in [4.69, 9.17) is 11.6 Å². The molecule has 0 spiro atoms. The Hall–Kier alpha value is -3.24. The molecule has 0 saturated heterocycles. The summed E-state index contributed by atoms with van der Waals surface area (Å²) in [6.07, 6.45) is 0.706. The van der Waals surface area contributed by atoms with Gasteiger partial charge in [0.2, 0.25) is 0 Å². The number of aromatic amines is 1. The standard InChI is InChI=1S/C25H20ClN3O/c26-17-11-9-16(10-12-17)15-29-22-8-4-2-6-20(22)25(30)28-14-13-19-18-5-1-3-7-21(18)27-23(19)24(28)29/h1-12,24,27H,13-15H2. The maximum absolute atomic E-state index is 13.4. The van der Waals surface area contributed by atoms with E-state index in [1.165, 1.54) is 10.9 Å². The SMILES string of the molecule is O=C1c2ccccc2N(Cc2ccc(Cl)cc2)C2c3[nH]c4ccccc4c3CCN12. The number of nitrogens with one attached hydrogen (secondary N) is 1. The highest BCUT2D eigenvalue weighted by Gasteiger charge is 2.42. The summed E-state index contributed by atoms with van der Waals surface area (Å²) in [4.78, 5) is 21.4. The number of halogens is 1. The number of fused-ring (bicyclic) bond motifs is 6. The zero-order valence-electron chi connectivity index (χ0n) is 16.3. The number of nitrogens with zero attached hydrogens (tertiary/aromatic N) is 2. The van der Waals surface area contributed by atoms with Crippen LogP contribution >= 0.6 is 11.6 Å². The van der Waals surface area contributed by atoms with E-state index < -0.39 is 0 Å². The first-order valence-electron chi connectivity index (χ1n) is 10.2. The van der Waals surface area contributed by atoms with Crippen LogP contribution in [0.25, 0.3) is 10.9 Å². The minimum atomic E-state index is -0.153. The molecule has 30 heavy (non-hydrogen) atoms. The number of carbonyl (C=O) groups excluding carboxylic acids is 1. The number of carbonyl (C=O) groups is 1. The summed E-state index contributed by atoms with van der Waals surface area (Å²) in [5.74, 6) is 0.104. The molecule has 0 radical (unpaired) electrons. The van der Waals surface area contributed by atoms with Gasteiger partial charge in [0.25, 0.3) is 5.91 Å². The van der Waals surface area contributed by atoms with Crippen molar-refractivity contribution in [1.29, 1.82) is 0 Å². The molecule has 3 heterocycles. The van der Waals surface area contributed by atoms with Crippen LogP contribution in [0.2, 0.25) is 5.02 Å². The number of hydrogen-bond donors (Lipinski definition) is 1. The van der Waals surface area contributed by atoms with Crippen molar-refractivity contribution in [3.8, 4) is 0 Å². The maximum Gasteiger partial charge on any atom is 0.257 e. The second kappa shape index (κ2) is 6.64. The molecule has 6 rings (SSSR count). The molecule has 0 saturated carbocycles. The van der Waals surface area contributed by atoms with Gasteiger partial charge >= 0.3 is 0 Å². The fourth-order valence-electron chi connectivity index (χ4n) is 4.91. The quantitative estimate of drug-likeness (QED) is 0.468. The normalized spacial score (nSPS) is 17.6. The molecule has 4 nitrogen and oxygen atoms in total. The predicted octanol–water partition coefficient (Wildman–Crippen LogP) is 5.54. The van der Waals surface area contributed by atoms with Crippen molar-refractivity contribution in [2.24, 2.45) is 0 Å². The lowest BCUT2D eigenvalue weighted by atomic mass is 9.95. The summed E-state index contributed by atoms with van der Waals surface area (Å²) in [7, 11) is 0. The topological polar surface area (TPSA) is 39.3 Å². The molecule has 2 aliphatic heterocycles. The number of amides is 1. The lowest BCUT2D eigenvalue weighted by Crippen LogP contribution is -2.52. The third-order valence-corrected chi connectivity index (χ3v) is 6.52. The Morgan fingerprint density at radius 3 is 2.60 bits per heavy atom. The van der Waals surface area contributed by atoms with E-state index in [2.05, 4.69) is 52.3 Å². The van der Waals surface area contributed by atoms with E-state index in [9.17, 15) is 4.79 Å². The molecule has 2 aliphatic rings. The van der Waals surface area contributed by atoms with E-state index in [1.54, 1.807) is 0 Å². The molecule has 0 fully saturated rings. The van der Waals surface area contributed by atoms with Crippen LogP contribution in [-0.4, -0.2) is 22.3 Å². The smallest absolute Gasteiger partial charge is 0.257 e. The van der Waals surface area contributed by atoms with E-state index in [0.717, 1.165) is 39.5 Å². The molecule has 4 aromatic rings. The van der Waals surface area contributed by atoms with Crippen molar-refractivity contribution < 1.29 is 4.79 Å². The Morgan fingerprint density at radius 2 is 1.73 bits per heavy atom. The average molecular weight is 414 g/mol. The van der Waals surface area contributed by atoms with Crippen molar-refractivity contribution in [3.63, 3.8) is 0 Å². The summed E-state index contributed by atoms with van der Waals surface area (Å²) in [5.41, 5.74) is 6.47. The van der Waals surface area contributed by atoms with Gasteiger partial charge in [-0.15, -0.1) is 0 Å². The first kappa shape index (κ1) is 17.6. The van der Waals surface area contributed by atoms with Gasteiger partial charge in [0.15, 0.2) is 0 Å². The molecule has 1 amide bonds. The zero-order chi connectivity index (χ0) is 20.2. The van der Waals surface area contributed by atoms with Crippen LogP contribution in [0.1, 0.15) is 33.3 Å². The van der Waals surface area contributed by atoms with Gasteiger partial charge in [-0.2, -0.15) is 0 Å². The van der Waals surface area contributed by atoms with E-state index in [-0.39, 0.29) is 12.1 Å². The highest BCUT2D eigenvalue weighted by molar-refractivity contribution is 6.30. The second-order valence-electron chi connectivity index (χ2n) is 7.96. The Balaban J connectivity index is 1.54. The number of rotatable bonds is 2. The maximum atomic E-state index is 13.4. The number of benzene rings is 3. The Kier molecular flexibility index (Phi) is 3.90. The molecule has 5 heteroatoms.